The Labute approximate surface area is 123 Å². The number of carbonyl (C=O) groups is 1. The number of hydrogen-bond acceptors (Lipinski definition) is 4. The first-order valence-electron chi connectivity index (χ1n) is 7.29. The standard InChI is InChI=1S/C15H21NO3S/c1-10-7-16(15(18)12-3-2-4-13(12)17)8-14(19-10)11-5-6-20-9-11/h5-6,9-10,12-14,17H,2-4,7-8H2,1H3. The van der Waals surface area contributed by atoms with E-state index in [1.165, 1.54) is 0 Å². The van der Waals surface area contributed by atoms with Crippen LogP contribution < -0.4 is 0 Å². The lowest BCUT2D eigenvalue weighted by atomic mass is 10.0. The summed E-state index contributed by atoms with van der Waals surface area (Å²) in [6, 6.07) is 2.06. The molecule has 1 aliphatic carbocycles. The highest BCUT2D eigenvalue weighted by Crippen LogP contribution is 2.31. The Balaban J connectivity index is 1.71. The van der Waals surface area contributed by atoms with Gasteiger partial charge in [0.15, 0.2) is 0 Å². The minimum atomic E-state index is -0.458. The van der Waals surface area contributed by atoms with Crippen molar-refractivity contribution in [3.05, 3.63) is 22.4 Å². The van der Waals surface area contributed by atoms with E-state index in [-0.39, 0.29) is 24.0 Å². The number of morpholine rings is 1. The number of aliphatic hydroxyl groups is 1. The third kappa shape index (κ3) is 2.75. The molecule has 3 rings (SSSR count). The summed E-state index contributed by atoms with van der Waals surface area (Å²) in [7, 11) is 0. The van der Waals surface area contributed by atoms with Crippen molar-refractivity contribution in [2.75, 3.05) is 13.1 Å². The Morgan fingerprint density at radius 2 is 2.30 bits per heavy atom. The van der Waals surface area contributed by atoms with Crippen molar-refractivity contribution in [2.45, 2.75) is 44.5 Å². The van der Waals surface area contributed by atoms with Gasteiger partial charge in [-0.3, -0.25) is 4.79 Å². The summed E-state index contributed by atoms with van der Waals surface area (Å²) in [5.74, 6) is -0.103. The molecule has 1 aliphatic heterocycles. The summed E-state index contributed by atoms with van der Waals surface area (Å²) in [6.07, 6.45) is 2.06. The van der Waals surface area contributed by atoms with Crippen LogP contribution in [0.5, 0.6) is 0 Å². The number of amides is 1. The molecule has 1 amide bonds. The van der Waals surface area contributed by atoms with Crippen LogP contribution in [-0.2, 0) is 9.53 Å². The highest BCUT2D eigenvalue weighted by Gasteiger charge is 2.37. The van der Waals surface area contributed by atoms with Gasteiger partial charge in [0.2, 0.25) is 5.91 Å². The topological polar surface area (TPSA) is 49.8 Å². The highest BCUT2D eigenvalue weighted by molar-refractivity contribution is 7.07. The van der Waals surface area contributed by atoms with Gasteiger partial charge in [0.1, 0.15) is 6.10 Å². The van der Waals surface area contributed by atoms with Crippen LogP contribution in [0.1, 0.15) is 37.9 Å². The van der Waals surface area contributed by atoms with Gasteiger partial charge in [-0.15, -0.1) is 0 Å². The lowest BCUT2D eigenvalue weighted by Crippen LogP contribution is -2.49. The van der Waals surface area contributed by atoms with E-state index in [9.17, 15) is 9.90 Å². The molecule has 2 heterocycles. The van der Waals surface area contributed by atoms with Crippen LogP contribution in [0.4, 0.5) is 0 Å². The molecule has 5 heteroatoms. The first-order valence-corrected chi connectivity index (χ1v) is 8.24. The van der Waals surface area contributed by atoms with Gasteiger partial charge < -0.3 is 14.7 Å². The van der Waals surface area contributed by atoms with E-state index in [0.29, 0.717) is 13.1 Å². The molecule has 1 N–H and O–H groups in total. The zero-order valence-electron chi connectivity index (χ0n) is 11.7. The van der Waals surface area contributed by atoms with Gasteiger partial charge in [0.25, 0.3) is 0 Å². The fourth-order valence-corrected chi connectivity index (χ4v) is 3.94. The van der Waals surface area contributed by atoms with Crippen molar-refractivity contribution in [1.82, 2.24) is 4.90 Å². The van der Waals surface area contributed by atoms with Crippen LogP contribution in [-0.4, -0.2) is 41.2 Å². The Bertz CT molecular complexity index is 462. The molecular formula is C15H21NO3S. The summed E-state index contributed by atoms with van der Waals surface area (Å²) < 4.78 is 5.95. The maximum absolute atomic E-state index is 12.6. The largest absolute Gasteiger partial charge is 0.392 e. The van der Waals surface area contributed by atoms with Gasteiger partial charge in [-0.1, -0.05) is 0 Å². The molecule has 1 aromatic heterocycles. The fraction of sp³-hybridized carbons (Fsp3) is 0.667. The molecule has 2 aliphatic rings. The predicted octanol–water partition coefficient (Wildman–Crippen LogP) is 2.20. The molecule has 1 saturated heterocycles. The smallest absolute Gasteiger partial charge is 0.228 e. The fourth-order valence-electron chi connectivity index (χ4n) is 3.24. The Hall–Kier alpha value is -0.910. The van der Waals surface area contributed by atoms with Crippen molar-refractivity contribution < 1.29 is 14.6 Å². The minimum Gasteiger partial charge on any atom is -0.392 e. The number of aliphatic hydroxyl groups excluding tert-OH is 1. The molecule has 0 radical (unpaired) electrons. The van der Waals surface area contributed by atoms with E-state index in [4.69, 9.17) is 4.74 Å². The zero-order chi connectivity index (χ0) is 14.1. The average Bonchev–Trinajstić information content (AvgIpc) is 3.08. The van der Waals surface area contributed by atoms with E-state index < -0.39 is 6.10 Å². The Kier molecular flexibility index (Phi) is 4.10. The van der Waals surface area contributed by atoms with Crippen molar-refractivity contribution >= 4 is 17.2 Å². The first-order chi connectivity index (χ1) is 9.65. The molecule has 4 unspecified atom stereocenters. The van der Waals surface area contributed by atoms with Gasteiger partial charge in [-0.25, -0.2) is 0 Å². The average molecular weight is 295 g/mol. The van der Waals surface area contributed by atoms with E-state index in [1.807, 2.05) is 17.2 Å². The molecule has 0 aromatic carbocycles. The molecule has 4 atom stereocenters. The van der Waals surface area contributed by atoms with Gasteiger partial charge >= 0.3 is 0 Å². The predicted molar refractivity (Wildman–Crippen MR) is 77.5 cm³/mol. The van der Waals surface area contributed by atoms with Crippen LogP contribution in [0.25, 0.3) is 0 Å². The molecule has 1 aromatic rings. The second-order valence-electron chi connectivity index (χ2n) is 5.84. The van der Waals surface area contributed by atoms with E-state index >= 15 is 0 Å². The summed E-state index contributed by atoms with van der Waals surface area (Å²) in [5, 5.41) is 14.0. The van der Waals surface area contributed by atoms with Crippen molar-refractivity contribution in [3.8, 4) is 0 Å². The summed E-state index contributed by atoms with van der Waals surface area (Å²) in [4.78, 5) is 14.5. The van der Waals surface area contributed by atoms with Crippen molar-refractivity contribution in [1.29, 1.82) is 0 Å². The van der Waals surface area contributed by atoms with E-state index in [2.05, 4.69) is 11.4 Å². The normalized spacial score (nSPS) is 34.4. The van der Waals surface area contributed by atoms with Crippen LogP contribution >= 0.6 is 11.3 Å². The second kappa shape index (κ2) is 5.84. The summed E-state index contributed by atoms with van der Waals surface area (Å²) in [5.41, 5.74) is 1.14. The Morgan fingerprint density at radius 3 is 2.95 bits per heavy atom. The zero-order valence-corrected chi connectivity index (χ0v) is 12.5. The maximum Gasteiger partial charge on any atom is 0.228 e. The van der Waals surface area contributed by atoms with E-state index in [0.717, 1.165) is 24.8 Å². The van der Waals surface area contributed by atoms with Gasteiger partial charge in [-0.05, 0) is 48.6 Å². The molecule has 4 nitrogen and oxygen atoms in total. The van der Waals surface area contributed by atoms with Crippen LogP contribution in [0.2, 0.25) is 0 Å². The number of ether oxygens (including phenoxy) is 1. The summed E-state index contributed by atoms with van der Waals surface area (Å²) in [6.45, 7) is 3.23. The third-order valence-electron chi connectivity index (χ3n) is 4.28. The molecule has 0 spiro atoms. The monoisotopic (exact) mass is 295 g/mol. The molecule has 0 bridgehead atoms. The number of rotatable bonds is 2. The lowest BCUT2D eigenvalue weighted by molar-refractivity contribution is -0.151. The molecule has 20 heavy (non-hydrogen) atoms. The SMILES string of the molecule is CC1CN(C(=O)C2CCCC2O)CC(c2ccsc2)O1. The first kappa shape index (κ1) is 14.0. The van der Waals surface area contributed by atoms with Crippen LogP contribution in [0.15, 0.2) is 16.8 Å². The quantitative estimate of drug-likeness (QED) is 0.910. The Morgan fingerprint density at radius 1 is 1.45 bits per heavy atom. The van der Waals surface area contributed by atoms with Gasteiger partial charge in [-0.2, -0.15) is 11.3 Å². The van der Waals surface area contributed by atoms with Crippen molar-refractivity contribution in [2.24, 2.45) is 5.92 Å². The molecule has 2 fully saturated rings. The molecular weight excluding hydrogens is 274 g/mol. The number of nitrogens with zero attached hydrogens (tertiary/aromatic N) is 1. The highest BCUT2D eigenvalue weighted by atomic mass is 32.1. The van der Waals surface area contributed by atoms with Gasteiger partial charge in [0, 0.05) is 6.54 Å². The van der Waals surface area contributed by atoms with Gasteiger partial charge in [0.05, 0.1) is 24.7 Å². The maximum atomic E-state index is 12.6. The van der Waals surface area contributed by atoms with Crippen LogP contribution in [0, 0.1) is 5.92 Å². The second-order valence-corrected chi connectivity index (χ2v) is 6.62. The van der Waals surface area contributed by atoms with E-state index in [1.54, 1.807) is 11.3 Å². The number of carbonyl (C=O) groups excluding carboxylic acids is 1. The number of thiophene rings is 1. The summed E-state index contributed by atoms with van der Waals surface area (Å²) >= 11 is 1.65. The number of hydrogen-bond donors (Lipinski definition) is 1. The van der Waals surface area contributed by atoms with Crippen LogP contribution in [0.3, 0.4) is 0 Å². The minimum absolute atomic E-state index is 0.0347. The third-order valence-corrected chi connectivity index (χ3v) is 4.99. The lowest BCUT2D eigenvalue weighted by Gasteiger charge is -2.38. The molecule has 110 valence electrons. The molecule has 1 saturated carbocycles. The van der Waals surface area contributed by atoms with Crippen molar-refractivity contribution in [3.63, 3.8) is 0 Å².